The molecule has 19 heavy (non-hydrogen) atoms. The summed E-state index contributed by atoms with van der Waals surface area (Å²) in [6, 6.07) is 4.35. The van der Waals surface area contributed by atoms with Crippen LogP contribution in [-0.4, -0.2) is 19.6 Å². The van der Waals surface area contributed by atoms with Gasteiger partial charge in [0.05, 0.1) is 6.54 Å². The zero-order chi connectivity index (χ0) is 13.7. The molecule has 4 heteroatoms. The maximum Gasteiger partial charge on any atom is 0.191 e. The Bertz CT molecular complexity index is 427. The molecule has 0 saturated heterocycles. The van der Waals surface area contributed by atoms with Crippen LogP contribution in [0.4, 0.5) is 0 Å². The summed E-state index contributed by atoms with van der Waals surface area (Å²) in [6.45, 7) is 6.35. The van der Waals surface area contributed by atoms with Crippen molar-refractivity contribution in [2.45, 2.75) is 46.1 Å². The second-order valence-electron chi connectivity index (χ2n) is 5.50. The van der Waals surface area contributed by atoms with Gasteiger partial charge in [0, 0.05) is 23.3 Å². The summed E-state index contributed by atoms with van der Waals surface area (Å²) >= 11 is 1.84. The number of hydrogen-bond donors (Lipinski definition) is 2. The lowest BCUT2D eigenvalue weighted by molar-refractivity contribution is 0.131. The molecule has 2 rings (SSSR count). The first-order chi connectivity index (χ1) is 9.17. The van der Waals surface area contributed by atoms with Crippen molar-refractivity contribution in [2.24, 2.45) is 10.4 Å². The lowest BCUT2D eigenvalue weighted by Crippen LogP contribution is -2.45. The molecular formula is C15H25N3S. The summed E-state index contributed by atoms with van der Waals surface area (Å²) in [4.78, 5) is 7.02. The zero-order valence-corrected chi connectivity index (χ0v) is 13.1. The number of aryl methyl sites for hydroxylation is 1. The molecule has 0 amide bonds. The summed E-state index contributed by atoms with van der Waals surface area (Å²) in [5.41, 5.74) is 0.525. The Labute approximate surface area is 120 Å². The molecule has 1 heterocycles. The minimum absolute atomic E-state index is 0.525. The molecule has 1 saturated carbocycles. The van der Waals surface area contributed by atoms with Crippen LogP contribution in [0.1, 0.15) is 42.4 Å². The fourth-order valence-electron chi connectivity index (χ4n) is 2.57. The van der Waals surface area contributed by atoms with E-state index in [1.807, 2.05) is 18.4 Å². The fraction of sp³-hybridized carbons (Fsp3) is 0.667. The topological polar surface area (TPSA) is 36.4 Å². The van der Waals surface area contributed by atoms with Crippen LogP contribution in [0.15, 0.2) is 17.1 Å². The standard InChI is InChI=1S/C15H25N3S/c1-4-15(8-5-9-15)11-18-14(16-3)17-10-13-7-6-12(2)19-13/h6-7H,4-5,8-11H2,1-3H3,(H2,16,17,18). The van der Waals surface area contributed by atoms with Crippen molar-refractivity contribution >= 4 is 17.3 Å². The largest absolute Gasteiger partial charge is 0.356 e. The van der Waals surface area contributed by atoms with Crippen LogP contribution in [0.2, 0.25) is 0 Å². The molecule has 0 radical (unpaired) electrons. The van der Waals surface area contributed by atoms with Gasteiger partial charge in [0.1, 0.15) is 0 Å². The van der Waals surface area contributed by atoms with Crippen LogP contribution in [0, 0.1) is 12.3 Å². The van der Waals surface area contributed by atoms with Gasteiger partial charge in [0.2, 0.25) is 0 Å². The quantitative estimate of drug-likeness (QED) is 0.641. The van der Waals surface area contributed by atoms with Crippen molar-refractivity contribution in [2.75, 3.05) is 13.6 Å². The van der Waals surface area contributed by atoms with Gasteiger partial charge in [-0.3, -0.25) is 4.99 Å². The van der Waals surface area contributed by atoms with Crippen molar-refractivity contribution in [3.05, 3.63) is 21.9 Å². The van der Waals surface area contributed by atoms with Gasteiger partial charge in [-0.1, -0.05) is 13.3 Å². The Morgan fingerprint density at radius 1 is 1.37 bits per heavy atom. The average Bonchev–Trinajstić information content (AvgIpc) is 2.78. The van der Waals surface area contributed by atoms with E-state index in [2.05, 4.69) is 41.6 Å². The Kier molecular flexibility index (Phi) is 4.86. The normalized spacial score (nSPS) is 17.9. The van der Waals surface area contributed by atoms with E-state index in [1.54, 1.807) is 0 Å². The van der Waals surface area contributed by atoms with Crippen molar-refractivity contribution in [1.29, 1.82) is 0 Å². The summed E-state index contributed by atoms with van der Waals surface area (Å²) < 4.78 is 0. The van der Waals surface area contributed by atoms with Crippen LogP contribution < -0.4 is 10.6 Å². The molecule has 106 valence electrons. The maximum atomic E-state index is 4.30. The molecule has 1 aliphatic carbocycles. The monoisotopic (exact) mass is 279 g/mol. The van der Waals surface area contributed by atoms with Crippen LogP contribution in [-0.2, 0) is 6.54 Å². The predicted octanol–water partition coefficient (Wildman–Crippen LogP) is 3.30. The summed E-state index contributed by atoms with van der Waals surface area (Å²) in [5, 5.41) is 6.88. The first-order valence-electron chi connectivity index (χ1n) is 7.17. The number of aliphatic imine (C=N–C) groups is 1. The van der Waals surface area contributed by atoms with Gasteiger partial charge >= 0.3 is 0 Å². The molecule has 0 unspecified atom stereocenters. The number of nitrogens with zero attached hydrogens (tertiary/aromatic N) is 1. The third kappa shape index (κ3) is 3.72. The number of rotatable bonds is 5. The Morgan fingerprint density at radius 2 is 2.16 bits per heavy atom. The van der Waals surface area contributed by atoms with Crippen LogP contribution in [0.25, 0.3) is 0 Å². The van der Waals surface area contributed by atoms with E-state index in [0.717, 1.165) is 19.0 Å². The summed E-state index contributed by atoms with van der Waals surface area (Å²) in [5.74, 6) is 0.922. The highest BCUT2D eigenvalue weighted by Gasteiger charge is 2.34. The highest BCUT2D eigenvalue weighted by atomic mass is 32.1. The molecule has 1 fully saturated rings. The zero-order valence-electron chi connectivity index (χ0n) is 12.3. The van der Waals surface area contributed by atoms with E-state index in [0.29, 0.717) is 5.41 Å². The average molecular weight is 279 g/mol. The Hall–Kier alpha value is -1.03. The van der Waals surface area contributed by atoms with Gasteiger partial charge in [0.25, 0.3) is 0 Å². The molecule has 0 aromatic carbocycles. The first-order valence-corrected chi connectivity index (χ1v) is 7.99. The van der Waals surface area contributed by atoms with Gasteiger partial charge in [-0.2, -0.15) is 0 Å². The molecule has 0 atom stereocenters. The van der Waals surface area contributed by atoms with E-state index >= 15 is 0 Å². The first kappa shape index (κ1) is 14.4. The minimum atomic E-state index is 0.525. The second-order valence-corrected chi connectivity index (χ2v) is 6.87. The molecule has 2 N–H and O–H groups in total. The Balaban J connectivity index is 1.77. The van der Waals surface area contributed by atoms with Crippen LogP contribution in [0.5, 0.6) is 0 Å². The van der Waals surface area contributed by atoms with Crippen molar-refractivity contribution in [3.8, 4) is 0 Å². The summed E-state index contributed by atoms with van der Waals surface area (Å²) in [6.07, 6.45) is 5.37. The molecule has 3 nitrogen and oxygen atoms in total. The van der Waals surface area contributed by atoms with Gasteiger partial charge in [-0.25, -0.2) is 0 Å². The molecule has 0 spiro atoms. The van der Waals surface area contributed by atoms with Crippen LogP contribution >= 0.6 is 11.3 Å². The molecule has 1 aromatic heterocycles. The summed E-state index contributed by atoms with van der Waals surface area (Å²) in [7, 11) is 1.84. The fourth-order valence-corrected chi connectivity index (χ4v) is 3.40. The van der Waals surface area contributed by atoms with E-state index in [-0.39, 0.29) is 0 Å². The second kappa shape index (κ2) is 6.42. The molecular weight excluding hydrogens is 254 g/mol. The number of nitrogens with one attached hydrogen (secondary N) is 2. The van der Waals surface area contributed by atoms with Crippen LogP contribution in [0.3, 0.4) is 0 Å². The van der Waals surface area contributed by atoms with E-state index in [9.17, 15) is 0 Å². The Morgan fingerprint density at radius 3 is 2.63 bits per heavy atom. The highest BCUT2D eigenvalue weighted by molar-refractivity contribution is 7.11. The lowest BCUT2D eigenvalue weighted by atomic mass is 9.67. The minimum Gasteiger partial charge on any atom is -0.356 e. The third-order valence-corrected chi connectivity index (χ3v) is 5.25. The maximum absolute atomic E-state index is 4.30. The van der Waals surface area contributed by atoms with Gasteiger partial charge < -0.3 is 10.6 Å². The van der Waals surface area contributed by atoms with Crippen molar-refractivity contribution in [1.82, 2.24) is 10.6 Å². The number of thiophene rings is 1. The molecule has 0 bridgehead atoms. The predicted molar refractivity (Wildman–Crippen MR) is 83.8 cm³/mol. The number of hydrogen-bond acceptors (Lipinski definition) is 2. The number of guanidine groups is 1. The molecule has 1 aliphatic rings. The van der Waals surface area contributed by atoms with Gasteiger partial charge in [0.15, 0.2) is 5.96 Å². The van der Waals surface area contributed by atoms with Gasteiger partial charge in [-0.15, -0.1) is 11.3 Å². The van der Waals surface area contributed by atoms with Gasteiger partial charge in [-0.05, 0) is 43.7 Å². The van der Waals surface area contributed by atoms with E-state index in [4.69, 9.17) is 0 Å². The lowest BCUT2D eigenvalue weighted by Gasteiger charge is -2.41. The van der Waals surface area contributed by atoms with Crippen molar-refractivity contribution in [3.63, 3.8) is 0 Å². The SMILES string of the molecule is CCC1(CNC(=NC)NCc2ccc(C)s2)CCC1. The van der Waals surface area contributed by atoms with E-state index in [1.165, 1.54) is 35.4 Å². The third-order valence-electron chi connectivity index (χ3n) is 4.24. The molecule has 0 aliphatic heterocycles. The smallest absolute Gasteiger partial charge is 0.191 e. The highest BCUT2D eigenvalue weighted by Crippen LogP contribution is 2.42. The molecule has 1 aromatic rings. The van der Waals surface area contributed by atoms with Crippen molar-refractivity contribution < 1.29 is 0 Å². The van der Waals surface area contributed by atoms with E-state index < -0.39 is 0 Å².